The van der Waals surface area contributed by atoms with Crippen molar-refractivity contribution in [2.24, 2.45) is 4.99 Å². The van der Waals surface area contributed by atoms with E-state index in [1.54, 1.807) is 13.1 Å². The van der Waals surface area contributed by atoms with Gasteiger partial charge in [0.15, 0.2) is 0 Å². The van der Waals surface area contributed by atoms with Crippen molar-refractivity contribution in [2.45, 2.75) is 38.8 Å². The molecule has 0 atom stereocenters. The number of nitrogens with zero attached hydrogens (tertiary/aromatic N) is 1. The summed E-state index contributed by atoms with van der Waals surface area (Å²) >= 11 is 0. The Labute approximate surface area is 160 Å². The van der Waals surface area contributed by atoms with Gasteiger partial charge in [-0.25, -0.2) is 0 Å². The van der Waals surface area contributed by atoms with Crippen LogP contribution in [0.25, 0.3) is 0 Å². The second-order valence-corrected chi connectivity index (χ2v) is 6.89. The van der Waals surface area contributed by atoms with E-state index in [9.17, 15) is 9.59 Å². The predicted octanol–water partition coefficient (Wildman–Crippen LogP) is 3.10. The fraction of sp³-hybridized carbons (Fsp3) is 0.318. The second kappa shape index (κ2) is 7.74. The zero-order valence-electron chi connectivity index (χ0n) is 16.0. The first-order chi connectivity index (χ1) is 13.0. The summed E-state index contributed by atoms with van der Waals surface area (Å²) in [7, 11) is 1.78. The highest BCUT2D eigenvalue weighted by Crippen LogP contribution is 2.44. The Morgan fingerprint density at radius 2 is 1.96 bits per heavy atom. The van der Waals surface area contributed by atoms with Crippen molar-refractivity contribution in [1.82, 2.24) is 10.6 Å². The first kappa shape index (κ1) is 18.8. The van der Waals surface area contributed by atoms with Gasteiger partial charge in [0.2, 0.25) is 5.91 Å². The normalized spacial score (nSPS) is 20.3. The first-order valence-corrected chi connectivity index (χ1v) is 9.17. The molecule has 2 aliphatic carbocycles. The van der Waals surface area contributed by atoms with Crippen molar-refractivity contribution in [3.8, 4) is 0 Å². The van der Waals surface area contributed by atoms with Gasteiger partial charge >= 0.3 is 0 Å². The third kappa shape index (κ3) is 4.08. The van der Waals surface area contributed by atoms with Gasteiger partial charge in [0.25, 0.3) is 5.91 Å². The third-order valence-corrected chi connectivity index (χ3v) is 5.02. The molecule has 0 unspecified atom stereocenters. The smallest absolute Gasteiger partial charge is 0.252 e. The van der Waals surface area contributed by atoms with Crippen molar-refractivity contribution < 1.29 is 9.59 Å². The summed E-state index contributed by atoms with van der Waals surface area (Å²) in [6, 6.07) is 7.38. The van der Waals surface area contributed by atoms with Gasteiger partial charge in [0.05, 0.1) is 11.3 Å². The van der Waals surface area contributed by atoms with Crippen LogP contribution in [0, 0.1) is 0 Å². The lowest BCUT2D eigenvalue weighted by Crippen LogP contribution is -2.39. The van der Waals surface area contributed by atoms with E-state index in [4.69, 9.17) is 0 Å². The van der Waals surface area contributed by atoms with Gasteiger partial charge in [0, 0.05) is 26.1 Å². The maximum Gasteiger partial charge on any atom is 0.252 e. The molecule has 2 N–H and O–H groups in total. The molecule has 140 valence electrons. The minimum absolute atomic E-state index is 0.111. The summed E-state index contributed by atoms with van der Waals surface area (Å²) in [5.41, 5.74) is 4.22. The third-order valence-electron chi connectivity index (χ3n) is 5.02. The average molecular weight is 363 g/mol. The number of hydrogen-bond donors (Lipinski definition) is 2. The van der Waals surface area contributed by atoms with Gasteiger partial charge in [-0.2, -0.15) is 0 Å². The van der Waals surface area contributed by atoms with Crippen molar-refractivity contribution in [3.63, 3.8) is 0 Å². The fourth-order valence-corrected chi connectivity index (χ4v) is 3.30. The molecule has 1 aromatic rings. The summed E-state index contributed by atoms with van der Waals surface area (Å²) < 4.78 is 0. The number of carbonyl (C=O) groups excluding carboxylic acids is 2. The lowest BCUT2D eigenvalue weighted by Gasteiger charge is -2.23. The van der Waals surface area contributed by atoms with Crippen LogP contribution in [0.15, 0.2) is 64.7 Å². The van der Waals surface area contributed by atoms with Crippen LogP contribution in [0.2, 0.25) is 0 Å². The van der Waals surface area contributed by atoms with Crippen LogP contribution >= 0.6 is 0 Å². The van der Waals surface area contributed by atoms with Gasteiger partial charge in [0.1, 0.15) is 0 Å². The first-order valence-electron chi connectivity index (χ1n) is 9.17. The Morgan fingerprint density at radius 1 is 1.22 bits per heavy atom. The largest absolute Gasteiger partial charge is 0.352 e. The Morgan fingerprint density at radius 3 is 2.59 bits per heavy atom. The van der Waals surface area contributed by atoms with E-state index >= 15 is 0 Å². The van der Waals surface area contributed by atoms with Crippen LogP contribution in [-0.4, -0.2) is 30.1 Å². The van der Waals surface area contributed by atoms with Crippen molar-refractivity contribution in [3.05, 3.63) is 70.8 Å². The predicted molar refractivity (Wildman–Crippen MR) is 108 cm³/mol. The molecule has 2 aliphatic rings. The number of hydrogen-bond acceptors (Lipinski definition) is 3. The van der Waals surface area contributed by atoms with Crippen molar-refractivity contribution in [2.75, 3.05) is 7.05 Å². The van der Waals surface area contributed by atoms with Crippen molar-refractivity contribution >= 4 is 17.5 Å². The second-order valence-electron chi connectivity index (χ2n) is 6.89. The number of allylic oxidation sites excluding steroid dienone is 4. The van der Waals surface area contributed by atoms with E-state index in [0.29, 0.717) is 12.1 Å². The highest BCUT2D eigenvalue weighted by atomic mass is 16.2. The molecule has 0 saturated heterocycles. The van der Waals surface area contributed by atoms with Crippen LogP contribution in [0.4, 0.5) is 0 Å². The number of amides is 2. The van der Waals surface area contributed by atoms with Crippen LogP contribution in [0.3, 0.4) is 0 Å². The highest BCUT2D eigenvalue weighted by Gasteiger charge is 2.47. The summed E-state index contributed by atoms with van der Waals surface area (Å²) in [5, 5.41) is 5.98. The maximum absolute atomic E-state index is 13.0. The zero-order valence-corrected chi connectivity index (χ0v) is 16.0. The number of nitrogens with one attached hydrogen (secondary N) is 2. The maximum atomic E-state index is 13.0. The molecule has 0 aliphatic heterocycles. The molecule has 3 rings (SSSR count). The number of benzene rings is 1. The summed E-state index contributed by atoms with van der Waals surface area (Å²) in [5.74, 6) is -0.228. The van der Waals surface area contributed by atoms with Crippen LogP contribution in [0.1, 0.15) is 42.6 Å². The minimum Gasteiger partial charge on any atom is -0.352 e. The van der Waals surface area contributed by atoms with Crippen LogP contribution in [-0.2, 0) is 11.3 Å². The average Bonchev–Trinajstić information content (AvgIpc) is 3.46. The number of carbonyl (C=O) groups is 2. The minimum atomic E-state index is -0.317. The molecule has 2 amide bonds. The molecule has 1 aromatic carbocycles. The molecule has 5 nitrogen and oxygen atoms in total. The molecule has 5 heteroatoms. The Hall–Kier alpha value is -2.95. The number of aliphatic imine (C=N–C) groups is 1. The standard InChI is InChI=1S/C22H25N3O2/c1-4-16-13-18(9-10-20(16)23-3)22(11-12-22)25-21(27)19-8-6-5-7-17(19)14-24-15(2)26/h4-10,13H,11-12,14H2,1-3H3,(H,24,26)(H,25,27)/b16-4-,23-20?. The molecule has 0 heterocycles. The SMILES string of the molecule is C/C=C1/C=C(C2(NC(=O)c3ccccc3CNC(C)=O)CC2)C=CC1=NC. The summed E-state index contributed by atoms with van der Waals surface area (Å²) in [6.45, 7) is 3.80. The lowest BCUT2D eigenvalue weighted by molar-refractivity contribution is -0.119. The molecule has 1 fully saturated rings. The lowest BCUT2D eigenvalue weighted by atomic mass is 9.93. The fourth-order valence-electron chi connectivity index (χ4n) is 3.30. The van der Waals surface area contributed by atoms with E-state index < -0.39 is 0 Å². The van der Waals surface area contributed by atoms with E-state index in [0.717, 1.165) is 35.3 Å². The van der Waals surface area contributed by atoms with E-state index in [1.165, 1.54) is 6.92 Å². The Bertz CT molecular complexity index is 887. The van der Waals surface area contributed by atoms with Crippen LogP contribution < -0.4 is 10.6 Å². The van der Waals surface area contributed by atoms with E-state index in [-0.39, 0.29) is 17.4 Å². The molecule has 0 radical (unpaired) electrons. The van der Waals surface area contributed by atoms with Crippen molar-refractivity contribution in [1.29, 1.82) is 0 Å². The van der Waals surface area contributed by atoms with E-state index in [2.05, 4.69) is 21.7 Å². The van der Waals surface area contributed by atoms with Gasteiger partial charge in [-0.3, -0.25) is 14.6 Å². The van der Waals surface area contributed by atoms with E-state index in [1.807, 2.05) is 43.4 Å². The Balaban J connectivity index is 1.80. The number of rotatable bonds is 5. The molecule has 0 aromatic heterocycles. The van der Waals surface area contributed by atoms with Gasteiger partial charge in [-0.15, -0.1) is 0 Å². The molecular weight excluding hydrogens is 338 g/mol. The molecule has 0 spiro atoms. The highest BCUT2D eigenvalue weighted by molar-refractivity contribution is 6.12. The Kier molecular flexibility index (Phi) is 5.40. The summed E-state index contributed by atoms with van der Waals surface area (Å²) in [6.07, 6.45) is 10.0. The molecule has 1 saturated carbocycles. The quantitative estimate of drug-likeness (QED) is 0.844. The monoisotopic (exact) mass is 363 g/mol. The molecule has 27 heavy (non-hydrogen) atoms. The topological polar surface area (TPSA) is 70.6 Å². The van der Waals surface area contributed by atoms with Gasteiger partial charge < -0.3 is 10.6 Å². The molecule has 0 bridgehead atoms. The zero-order chi connectivity index (χ0) is 19.4. The van der Waals surface area contributed by atoms with Crippen LogP contribution in [0.5, 0.6) is 0 Å². The molecular formula is C22H25N3O2. The summed E-state index contributed by atoms with van der Waals surface area (Å²) in [4.78, 5) is 28.5. The van der Waals surface area contributed by atoms with Gasteiger partial charge in [-0.1, -0.05) is 30.4 Å². The van der Waals surface area contributed by atoms with Gasteiger partial charge in [-0.05, 0) is 54.7 Å².